The molecule has 0 aromatic heterocycles. The lowest BCUT2D eigenvalue weighted by Crippen LogP contribution is -2.36. The Morgan fingerprint density at radius 3 is 2.71 bits per heavy atom. The van der Waals surface area contributed by atoms with Gasteiger partial charge in [0.15, 0.2) is 0 Å². The molecule has 5 nitrogen and oxygen atoms in total. The topological polar surface area (TPSA) is 58.6 Å². The average Bonchev–Trinajstić information content (AvgIpc) is 2.85. The first-order valence-electron chi connectivity index (χ1n) is 7.91. The highest BCUT2D eigenvalue weighted by Crippen LogP contribution is 2.26. The minimum absolute atomic E-state index is 0.0459. The van der Waals surface area contributed by atoms with Gasteiger partial charge in [-0.25, -0.2) is 0 Å². The lowest BCUT2D eigenvalue weighted by molar-refractivity contribution is -0.126. The Balaban J connectivity index is 1.76. The van der Waals surface area contributed by atoms with Crippen molar-refractivity contribution in [1.82, 2.24) is 10.2 Å². The summed E-state index contributed by atoms with van der Waals surface area (Å²) in [5.41, 5.74) is 1.54. The number of aryl methyl sites for hydroxylation is 1. The Bertz CT molecular complexity index is 773. The van der Waals surface area contributed by atoms with Crippen LogP contribution in [0.2, 0.25) is 0 Å². The van der Waals surface area contributed by atoms with Gasteiger partial charge in [0.1, 0.15) is 11.5 Å². The van der Waals surface area contributed by atoms with Crippen molar-refractivity contribution in [3.8, 4) is 11.5 Å². The van der Waals surface area contributed by atoms with Crippen molar-refractivity contribution in [3.05, 3.63) is 59.7 Å². The molecule has 1 unspecified atom stereocenters. The highest BCUT2D eigenvalue weighted by Gasteiger charge is 2.28. The molecule has 0 bridgehead atoms. The first-order valence-corrected chi connectivity index (χ1v) is 7.91. The molecule has 2 aromatic rings. The summed E-state index contributed by atoms with van der Waals surface area (Å²) in [4.78, 5) is 25.8. The van der Waals surface area contributed by atoms with Crippen LogP contribution in [0, 0.1) is 6.92 Å². The summed E-state index contributed by atoms with van der Waals surface area (Å²) in [5.74, 6) is 1.00. The van der Waals surface area contributed by atoms with Gasteiger partial charge in [-0.2, -0.15) is 0 Å². The first kappa shape index (κ1) is 16.1. The van der Waals surface area contributed by atoms with E-state index < -0.39 is 0 Å². The van der Waals surface area contributed by atoms with Gasteiger partial charge in [-0.1, -0.05) is 24.3 Å². The van der Waals surface area contributed by atoms with Crippen LogP contribution in [-0.4, -0.2) is 36.3 Å². The number of hydrogen-bond donors (Lipinski definition) is 1. The number of carbonyl (C=O) groups is 2. The van der Waals surface area contributed by atoms with Crippen molar-refractivity contribution in [2.75, 3.05) is 13.6 Å². The van der Waals surface area contributed by atoms with Crippen molar-refractivity contribution in [1.29, 1.82) is 0 Å². The lowest BCUT2D eigenvalue weighted by atomic mass is 10.1. The number of amides is 2. The Labute approximate surface area is 141 Å². The summed E-state index contributed by atoms with van der Waals surface area (Å²) in [5, 5.41) is 2.91. The van der Waals surface area contributed by atoms with Crippen molar-refractivity contribution in [3.63, 3.8) is 0 Å². The largest absolute Gasteiger partial charge is 0.457 e. The molecule has 1 aliphatic heterocycles. The first-order chi connectivity index (χ1) is 11.5. The average molecular weight is 324 g/mol. The van der Waals surface area contributed by atoms with Crippen LogP contribution in [0.15, 0.2) is 48.5 Å². The van der Waals surface area contributed by atoms with Crippen LogP contribution in [0.3, 0.4) is 0 Å². The molecule has 2 aromatic carbocycles. The minimum atomic E-state index is -0.230. The molecule has 3 rings (SSSR count). The molecule has 0 spiro atoms. The van der Waals surface area contributed by atoms with E-state index in [1.807, 2.05) is 37.3 Å². The molecule has 5 heteroatoms. The Hall–Kier alpha value is -2.82. The van der Waals surface area contributed by atoms with Crippen LogP contribution in [-0.2, 0) is 4.79 Å². The van der Waals surface area contributed by atoms with Crippen LogP contribution in [0.4, 0.5) is 0 Å². The molecular weight excluding hydrogens is 304 g/mol. The second-order valence-electron chi connectivity index (χ2n) is 6.06. The molecule has 2 amide bonds. The van der Waals surface area contributed by atoms with Gasteiger partial charge in [0.2, 0.25) is 5.91 Å². The van der Waals surface area contributed by atoms with Crippen LogP contribution in [0.25, 0.3) is 0 Å². The molecule has 1 atom stereocenters. The van der Waals surface area contributed by atoms with Crippen molar-refractivity contribution in [2.24, 2.45) is 0 Å². The molecule has 0 aliphatic carbocycles. The maximum absolute atomic E-state index is 12.6. The van der Waals surface area contributed by atoms with Gasteiger partial charge < -0.3 is 15.0 Å². The lowest BCUT2D eigenvalue weighted by Gasteiger charge is -2.15. The fraction of sp³-hybridized carbons (Fsp3) is 0.263. The zero-order valence-corrected chi connectivity index (χ0v) is 13.8. The second-order valence-corrected chi connectivity index (χ2v) is 6.06. The van der Waals surface area contributed by atoms with Crippen LogP contribution < -0.4 is 10.1 Å². The Morgan fingerprint density at radius 2 is 2.00 bits per heavy atom. The smallest absolute Gasteiger partial charge is 0.255 e. The number of nitrogens with zero attached hydrogens (tertiary/aromatic N) is 1. The van der Waals surface area contributed by atoms with Crippen LogP contribution in [0.5, 0.6) is 11.5 Å². The molecular formula is C19H20N2O3. The van der Waals surface area contributed by atoms with Gasteiger partial charge in [-0.15, -0.1) is 0 Å². The molecule has 1 fully saturated rings. The number of nitrogens with one attached hydrogen (secondary N) is 1. The zero-order chi connectivity index (χ0) is 17.1. The molecule has 1 N–H and O–H groups in total. The maximum atomic E-state index is 12.6. The van der Waals surface area contributed by atoms with E-state index in [4.69, 9.17) is 4.74 Å². The van der Waals surface area contributed by atoms with E-state index in [0.717, 1.165) is 5.56 Å². The zero-order valence-electron chi connectivity index (χ0n) is 13.8. The van der Waals surface area contributed by atoms with Crippen molar-refractivity contribution < 1.29 is 14.3 Å². The van der Waals surface area contributed by atoms with Gasteiger partial charge in [0.25, 0.3) is 5.91 Å². The van der Waals surface area contributed by atoms with E-state index in [0.29, 0.717) is 30.0 Å². The predicted molar refractivity (Wildman–Crippen MR) is 91.2 cm³/mol. The molecule has 1 saturated heterocycles. The third-order valence-corrected chi connectivity index (χ3v) is 4.03. The van der Waals surface area contributed by atoms with Gasteiger partial charge >= 0.3 is 0 Å². The highest BCUT2D eigenvalue weighted by molar-refractivity contribution is 5.97. The van der Waals surface area contributed by atoms with E-state index in [2.05, 4.69) is 5.32 Å². The predicted octanol–water partition coefficient (Wildman–Crippen LogP) is 2.75. The van der Waals surface area contributed by atoms with Gasteiger partial charge in [0.05, 0.1) is 11.6 Å². The number of rotatable bonds is 4. The summed E-state index contributed by atoms with van der Waals surface area (Å²) >= 11 is 0. The second kappa shape index (κ2) is 6.74. The van der Waals surface area contributed by atoms with E-state index >= 15 is 0 Å². The maximum Gasteiger partial charge on any atom is 0.255 e. The van der Waals surface area contributed by atoms with Crippen LogP contribution in [0.1, 0.15) is 22.3 Å². The Kier molecular flexibility index (Phi) is 4.51. The molecule has 0 saturated carbocycles. The standard InChI is InChI=1S/C19H20N2O3/c1-13-6-5-7-15(10-13)24-17-9-4-3-8-16(17)19(23)20-14-11-18(22)21(2)12-14/h3-10,14H,11-12H2,1-2H3,(H,20,23). The number of ether oxygens (including phenoxy) is 1. The number of likely N-dealkylation sites (tertiary alicyclic amines) is 1. The summed E-state index contributed by atoms with van der Waals surface area (Å²) in [6, 6.07) is 14.6. The number of para-hydroxylation sites is 1. The van der Waals surface area contributed by atoms with Gasteiger partial charge in [-0.05, 0) is 36.8 Å². The van der Waals surface area contributed by atoms with E-state index in [1.54, 1.807) is 30.1 Å². The molecule has 1 aliphatic rings. The third-order valence-electron chi connectivity index (χ3n) is 4.03. The van der Waals surface area contributed by atoms with Crippen LogP contribution >= 0.6 is 0 Å². The Morgan fingerprint density at radius 1 is 1.21 bits per heavy atom. The SMILES string of the molecule is Cc1cccc(Oc2ccccc2C(=O)NC2CC(=O)N(C)C2)c1. The molecule has 0 radical (unpaired) electrons. The van der Waals surface area contributed by atoms with E-state index in [-0.39, 0.29) is 17.9 Å². The molecule has 1 heterocycles. The molecule has 124 valence electrons. The number of benzene rings is 2. The van der Waals surface area contributed by atoms with Crippen molar-refractivity contribution in [2.45, 2.75) is 19.4 Å². The monoisotopic (exact) mass is 324 g/mol. The fourth-order valence-electron chi connectivity index (χ4n) is 2.77. The normalized spacial score (nSPS) is 17.0. The number of hydrogen-bond acceptors (Lipinski definition) is 3. The highest BCUT2D eigenvalue weighted by atomic mass is 16.5. The van der Waals surface area contributed by atoms with Gasteiger partial charge in [0, 0.05) is 20.0 Å². The summed E-state index contributed by atoms with van der Waals surface area (Å²) < 4.78 is 5.88. The number of likely N-dealkylation sites (N-methyl/N-ethyl adjacent to an activating group) is 1. The molecule has 24 heavy (non-hydrogen) atoms. The van der Waals surface area contributed by atoms with Crippen molar-refractivity contribution >= 4 is 11.8 Å². The summed E-state index contributed by atoms with van der Waals surface area (Å²) in [7, 11) is 1.74. The van der Waals surface area contributed by atoms with E-state index in [9.17, 15) is 9.59 Å². The fourth-order valence-corrected chi connectivity index (χ4v) is 2.77. The van der Waals surface area contributed by atoms with Gasteiger partial charge in [-0.3, -0.25) is 9.59 Å². The van der Waals surface area contributed by atoms with E-state index in [1.165, 1.54) is 0 Å². The number of carbonyl (C=O) groups excluding carboxylic acids is 2. The summed E-state index contributed by atoms with van der Waals surface area (Å²) in [6.07, 6.45) is 0.336. The minimum Gasteiger partial charge on any atom is -0.457 e. The summed E-state index contributed by atoms with van der Waals surface area (Å²) in [6.45, 7) is 2.52. The third kappa shape index (κ3) is 3.56. The quantitative estimate of drug-likeness (QED) is 0.941.